The Balaban J connectivity index is 1.48. The number of likely N-dealkylation sites (tertiary alicyclic amines) is 1. The minimum Gasteiger partial charge on any atom is -0.356 e. The smallest absolute Gasteiger partial charge is 0.220 e. The maximum atomic E-state index is 11.9. The number of piperidine rings is 1. The molecule has 1 aromatic carbocycles. The molecule has 0 bridgehead atoms. The number of nitrogens with zero attached hydrogens (tertiary/aromatic N) is 1. The molecule has 0 aliphatic carbocycles. The third-order valence-corrected chi connectivity index (χ3v) is 5.65. The molecule has 1 saturated heterocycles. The van der Waals surface area contributed by atoms with Crippen LogP contribution in [0.15, 0.2) is 24.3 Å². The summed E-state index contributed by atoms with van der Waals surface area (Å²) in [5.41, 5.74) is 1.30. The quantitative estimate of drug-likeness (QED) is 0.720. The summed E-state index contributed by atoms with van der Waals surface area (Å²) in [6.45, 7) is 3.04. The number of amides is 1. The molecule has 0 atom stereocenters. The molecule has 128 valence electrons. The fraction of sp³-hybridized carbons (Fsp3) is 0.611. The van der Waals surface area contributed by atoms with Crippen LogP contribution in [0.3, 0.4) is 0 Å². The van der Waals surface area contributed by atoms with Gasteiger partial charge in [0.05, 0.1) is 0 Å². The lowest BCUT2D eigenvalue weighted by molar-refractivity contribution is -0.122. The van der Waals surface area contributed by atoms with Gasteiger partial charge in [0.25, 0.3) is 0 Å². The Bertz CT molecular complexity index is 472. The molecule has 0 aromatic heterocycles. The second-order valence-electron chi connectivity index (χ2n) is 6.33. The second kappa shape index (κ2) is 10.2. The highest BCUT2D eigenvalue weighted by molar-refractivity contribution is 7.98. The van der Waals surface area contributed by atoms with Crippen molar-refractivity contribution >= 4 is 29.3 Å². The first-order valence-electron chi connectivity index (χ1n) is 8.41. The summed E-state index contributed by atoms with van der Waals surface area (Å²) in [7, 11) is 2.15. The molecule has 1 amide bonds. The van der Waals surface area contributed by atoms with Crippen LogP contribution in [0.25, 0.3) is 0 Å². The molecule has 1 aromatic rings. The van der Waals surface area contributed by atoms with Crippen molar-refractivity contribution in [3.8, 4) is 0 Å². The molecule has 3 nitrogen and oxygen atoms in total. The van der Waals surface area contributed by atoms with Gasteiger partial charge in [-0.1, -0.05) is 23.7 Å². The van der Waals surface area contributed by atoms with Crippen molar-refractivity contribution in [2.24, 2.45) is 5.92 Å². The van der Waals surface area contributed by atoms with Crippen LogP contribution >= 0.6 is 23.4 Å². The predicted molar refractivity (Wildman–Crippen MR) is 100 cm³/mol. The van der Waals surface area contributed by atoms with Gasteiger partial charge in [-0.2, -0.15) is 11.8 Å². The van der Waals surface area contributed by atoms with Crippen molar-refractivity contribution in [3.05, 3.63) is 34.9 Å². The van der Waals surface area contributed by atoms with Gasteiger partial charge >= 0.3 is 0 Å². The second-order valence-corrected chi connectivity index (χ2v) is 7.87. The number of halogens is 1. The van der Waals surface area contributed by atoms with Crippen molar-refractivity contribution in [2.75, 3.05) is 32.4 Å². The van der Waals surface area contributed by atoms with Gasteiger partial charge in [0.15, 0.2) is 0 Å². The standard InChI is InChI=1S/C18H27ClN2OS/c1-21-10-7-15(8-11-21)13-18(22)20-9-2-12-23-14-16-3-5-17(19)6-4-16/h3-6,15H,2,7-14H2,1H3,(H,20,22). The number of benzene rings is 1. The molecule has 1 heterocycles. The Labute approximate surface area is 149 Å². The van der Waals surface area contributed by atoms with Crippen LogP contribution in [0.2, 0.25) is 5.02 Å². The van der Waals surface area contributed by atoms with Crippen LogP contribution in [0, 0.1) is 5.92 Å². The zero-order chi connectivity index (χ0) is 16.5. The lowest BCUT2D eigenvalue weighted by atomic mass is 9.93. The zero-order valence-corrected chi connectivity index (χ0v) is 15.5. The van der Waals surface area contributed by atoms with E-state index in [4.69, 9.17) is 11.6 Å². The summed E-state index contributed by atoms with van der Waals surface area (Å²) in [6, 6.07) is 8.00. The molecule has 0 radical (unpaired) electrons. The van der Waals surface area contributed by atoms with Crippen LogP contribution in [-0.2, 0) is 10.5 Å². The van der Waals surface area contributed by atoms with Gasteiger partial charge in [-0.15, -0.1) is 0 Å². The highest BCUT2D eigenvalue weighted by Crippen LogP contribution is 2.19. The van der Waals surface area contributed by atoms with Gasteiger partial charge in [-0.05, 0) is 68.8 Å². The summed E-state index contributed by atoms with van der Waals surface area (Å²) < 4.78 is 0. The average Bonchev–Trinajstić information content (AvgIpc) is 2.54. The van der Waals surface area contributed by atoms with Gasteiger partial charge < -0.3 is 10.2 Å². The van der Waals surface area contributed by atoms with Gasteiger partial charge in [0, 0.05) is 23.7 Å². The Morgan fingerprint density at radius 3 is 2.70 bits per heavy atom. The van der Waals surface area contributed by atoms with E-state index in [1.54, 1.807) is 0 Å². The highest BCUT2D eigenvalue weighted by atomic mass is 35.5. The Kier molecular flexibility index (Phi) is 8.27. The molecule has 23 heavy (non-hydrogen) atoms. The maximum absolute atomic E-state index is 11.9. The van der Waals surface area contributed by atoms with Crippen LogP contribution < -0.4 is 5.32 Å². The fourth-order valence-corrected chi connectivity index (χ4v) is 3.82. The largest absolute Gasteiger partial charge is 0.356 e. The monoisotopic (exact) mass is 354 g/mol. The van der Waals surface area contributed by atoms with Gasteiger partial charge in [0.2, 0.25) is 5.91 Å². The van der Waals surface area contributed by atoms with E-state index >= 15 is 0 Å². The lowest BCUT2D eigenvalue weighted by Gasteiger charge is -2.28. The van der Waals surface area contributed by atoms with E-state index in [1.165, 1.54) is 5.56 Å². The number of nitrogens with one attached hydrogen (secondary N) is 1. The summed E-state index contributed by atoms with van der Waals surface area (Å²) >= 11 is 7.77. The van der Waals surface area contributed by atoms with E-state index < -0.39 is 0 Å². The Morgan fingerprint density at radius 2 is 2.00 bits per heavy atom. The molecule has 0 saturated carbocycles. The SMILES string of the molecule is CN1CCC(CC(=O)NCCCSCc2ccc(Cl)cc2)CC1. The van der Waals surface area contributed by atoms with Crippen molar-refractivity contribution in [2.45, 2.75) is 31.4 Å². The summed E-state index contributed by atoms with van der Waals surface area (Å²) in [6.07, 6.45) is 4.03. The van der Waals surface area contributed by atoms with Crippen LogP contribution in [0.4, 0.5) is 0 Å². The van der Waals surface area contributed by atoms with Crippen molar-refractivity contribution in [1.29, 1.82) is 0 Å². The maximum Gasteiger partial charge on any atom is 0.220 e. The third-order valence-electron chi connectivity index (χ3n) is 4.28. The summed E-state index contributed by atoms with van der Waals surface area (Å²) in [5, 5.41) is 3.85. The van der Waals surface area contributed by atoms with Crippen molar-refractivity contribution < 1.29 is 4.79 Å². The first-order chi connectivity index (χ1) is 11.1. The van der Waals surface area contributed by atoms with Gasteiger partial charge in [-0.3, -0.25) is 4.79 Å². The molecule has 0 spiro atoms. The van der Waals surface area contributed by atoms with Crippen LogP contribution in [0.1, 0.15) is 31.2 Å². The summed E-state index contributed by atoms with van der Waals surface area (Å²) in [4.78, 5) is 14.3. The van der Waals surface area contributed by atoms with E-state index in [2.05, 4.69) is 29.4 Å². The molecule has 1 aliphatic rings. The van der Waals surface area contributed by atoms with Crippen LogP contribution in [-0.4, -0.2) is 43.2 Å². The molecule has 1 N–H and O–H groups in total. The average molecular weight is 355 g/mol. The minimum atomic E-state index is 0.224. The molecule has 1 fully saturated rings. The minimum absolute atomic E-state index is 0.224. The Hall–Kier alpha value is -0.710. The molecule has 0 unspecified atom stereocenters. The van der Waals surface area contributed by atoms with E-state index in [1.807, 2.05) is 23.9 Å². The highest BCUT2D eigenvalue weighted by Gasteiger charge is 2.19. The normalized spacial score (nSPS) is 16.4. The topological polar surface area (TPSA) is 32.3 Å². The first kappa shape index (κ1) is 18.6. The van der Waals surface area contributed by atoms with Crippen LogP contribution in [0.5, 0.6) is 0 Å². The number of carbonyl (C=O) groups excluding carboxylic acids is 1. The number of carbonyl (C=O) groups is 1. The molecule has 5 heteroatoms. The number of thioether (sulfide) groups is 1. The van der Waals surface area contributed by atoms with E-state index in [-0.39, 0.29) is 5.91 Å². The fourth-order valence-electron chi connectivity index (χ4n) is 2.77. The molecular weight excluding hydrogens is 328 g/mol. The van der Waals surface area contributed by atoms with Crippen molar-refractivity contribution in [1.82, 2.24) is 10.2 Å². The number of rotatable bonds is 8. The molecule has 1 aliphatic heterocycles. The number of hydrogen-bond donors (Lipinski definition) is 1. The third kappa shape index (κ3) is 7.60. The van der Waals surface area contributed by atoms with Crippen molar-refractivity contribution in [3.63, 3.8) is 0 Å². The van der Waals surface area contributed by atoms with Gasteiger partial charge in [0.1, 0.15) is 0 Å². The number of hydrogen-bond acceptors (Lipinski definition) is 3. The zero-order valence-electron chi connectivity index (χ0n) is 13.9. The van der Waals surface area contributed by atoms with E-state index in [9.17, 15) is 4.79 Å². The first-order valence-corrected chi connectivity index (χ1v) is 9.94. The Morgan fingerprint density at radius 1 is 1.30 bits per heavy atom. The van der Waals surface area contributed by atoms with Gasteiger partial charge in [-0.25, -0.2) is 0 Å². The molecule has 2 rings (SSSR count). The van der Waals surface area contributed by atoms with E-state index in [0.717, 1.165) is 55.4 Å². The lowest BCUT2D eigenvalue weighted by Crippen LogP contribution is -2.33. The predicted octanol–water partition coefficient (Wildman–Crippen LogP) is 3.81. The molecular formula is C18H27ClN2OS. The summed E-state index contributed by atoms with van der Waals surface area (Å²) in [5.74, 6) is 2.87. The van der Waals surface area contributed by atoms with E-state index in [0.29, 0.717) is 12.3 Å².